The van der Waals surface area contributed by atoms with Crippen LogP contribution in [0.1, 0.15) is 16.2 Å². The maximum Gasteiger partial charge on any atom is 0.339 e. The van der Waals surface area contributed by atoms with Crippen molar-refractivity contribution >= 4 is 38.3 Å². The van der Waals surface area contributed by atoms with Gasteiger partial charge in [-0.1, -0.05) is 0 Å². The lowest BCUT2D eigenvalue weighted by molar-refractivity contribution is 0.0596. The molecule has 21 heavy (non-hydrogen) atoms. The molecule has 0 aliphatic carbocycles. The van der Waals surface area contributed by atoms with Crippen molar-refractivity contribution in [1.82, 2.24) is 9.36 Å². The third kappa shape index (κ3) is 3.28. The number of aryl methyl sites for hydroxylation is 1. The van der Waals surface area contributed by atoms with Crippen molar-refractivity contribution in [2.24, 2.45) is 0 Å². The van der Waals surface area contributed by atoms with Crippen LogP contribution in [0.2, 0.25) is 0 Å². The molecule has 0 radical (unpaired) electrons. The summed E-state index contributed by atoms with van der Waals surface area (Å²) in [4.78, 5) is 15.4. The quantitative estimate of drug-likeness (QED) is 0.634. The molecule has 0 bridgehead atoms. The van der Waals surface area contributed by atoms with Gasteiger partial charge in [-0.25, -0.2) is 18.2 Å². The van der Waals surface area contributed by atoms with Crippen LogP contribution in [0.5, 0.6) is 0 Å². The molecule has 1 heterocycles. The van der Waals surface area contributed by atoms with Crippen LogP contribution in [-0.4, -0.2) is 30.9 Å². The highest BCUT2D eigenvalue weighted by molar-refractivity contribution is 7.93. The predicted octanol–water partition coefficient (Wildman–Crippen LogP) is 1.02. The Morgan fingerprint density at radius 2 is 2.14 bits per heavy atom. The normalized spacial score (nSPS) is 11.1. The summed E-state index contributed by atoms with van der Waals surface area (Å²) in [5.41, 5.74) is 5.68. The van der Waals surface area contributed by atoms with Gasteiger partial charge in [0.2, 0.25) is 5.13 Å². The van der Waals surface area contributed by atoms with Gasteiger partial charge >= 0.3 is 5.97 Å². The van der Waals surface area contributed by atoms with E-state index in [1.807, 2.05) is 0 Å². The molecule has 10 heteroatoms. The fraction of sp³-hybridized carbons (Fsp3) is 0.182. The Labute approximate surface area is 125 Å². The van der Waals surface area contributed by atoms with Crippen molar-refractivity contribution in [3.63, 3.8) is 0 Å². The number of benzene rings is 1. The number of aromatic nitrogens is 2. The van der Waals surface area contributed by atoms with Gasteiger partial charge in [0.25, 0.3) is 10.0 Å². The van der Waals surface area contributed by atoms with Gasteiger partial charge in [-0.3, -0.25) is 4.72 Å². The molecular formula is C11H12N4O4S2. The lowest BCUT2D eigenvalue weighted by atomic mass is 10.2. The van der Waals surface area contributed by atoms with Crippen LogP contribution in [0.15, 0.2) is 23.1 Å². The minimum Gasteiger partial charge on any atom is -0.465 e. The lowest BCUT2D eigenvalue weighted by Crippen LogP contribution is -2.17. The van der Waals surface area contributed by atoms with Crippen LogP contribution < -0.4 is 10.5 Å². The zero-order valence-electron chi connectivity index (χ0n) is 11.2. The lowest BCUT2D eigenvalue weighted by Gasteiger charge is -2.10. The molecule has 0 aliphatic heterocycles. The number of methoxy groups -OCH3 is 1. The number of sulfonamides is 1. The van der Waals surface area contributed by atoms with Gasteiger partial charge in [0.15, 0.2) is 0 Å². The summed E-state index contributed by atoms with van der Waals surface area (Å²) in [6.45, 7) is 1.64. The summed E-state index contributed by atoms with van der Waals surface area (Å²) in [5, 5.41) is 0.111. The molecule has 0 saturated heterocycles. The van der Waals surface area contributed by atoms with Gasteiger partial charge in [0.1, 0.15) is 10.7 Å². The molecular weight excluding hydrogens is 316 g/mol. The van der Waals surface area contributed by atoms with Crippen LogP contribution in [0.4, 0.5) is 10.8 Å². The summed E-state index contributed by atoms with van der Waals surface area (Å²) in [7, 11) is -2.84. The zero-order valence-corrected chi connectivity index (χ0v) is 12.8. The Morgan fingerprint density at radius 3 is 2.71 bits per heavy atom. The number of esters is 1. The van der Waals surface area contributed by atoms with E-state index in [1.54, 1.807) is 6.92 Å². The van der Waals surface area contributed by atoms with E-state index in [9.17, 15) is 13.2 Å². The first-order valence-electron chi connectivity index (χ1n) is 5.64. The maximum absolute atomic E-state index is 12.3. The van der Waals surface area contributed by atoms with E-state index in [-0.39, 0.29) is 21.3 Å². The topological polar surface area (TPSA) is 124 Å². The summed E-state index contributed by atoms with van der Waals surface area (Å²) < 4.78 is 35.4. The molecule has 0 saturated carbocycles. The van der Waals surface area contributed by atoms with E-state index in [0.717, 1.165) is 18.6 Å². The van der Waals surface area contributed by atoms with Crippen molar-refractivity contribution in [3.8, 4) is 0 Å². The Bertz CT molecular complexity index is 785. The first kappa shape index (κ1) is 15.2. The number of anilines is 2. The minimum absolute atomic E-state index is 0.111. The summed E-state index contributed by atoms with van der Waals surface area (Å²) in [5.74, 6) is -0.348. The highest BCUT2D eigenvalue weighted by Crippen LogP contribution is 2.23. The number of ether oxygens (including phenoxy) is 1. The molecule has 2 aromatic rings. The zero-order chi connectivity index (χ0) is 15.6. The molecule has 0 atom stereocenters. The van der Waals surface area contributed by atoms with Crippen LogP contribution in [0.25, 0.3) is 0 Å². The van der Waals surface area contributed by atoms with E-state index in [0.29, 0.717) is 5.82 Å². The second kappa shape index (κ2) is 5.66. The van der Waals surface area contributed by atoms with Crippen LogP contribution in [0.3, 0.4) is 0 Å². The van der Waals surface area contributed by atoms with Gasteiger partial charge in [0.05, 0.1) is 12.7 Å². The Morgan fingerprint density at radius 1 is 1.43 bits per heavy atom. The van der Waals surface area contributed by atoms with Crippen LogP contribution >= 0.6 is 11.5 Å². The number of carbonyl (C=O) groups excluding carboxylic acids is 1. The standard InChI is InChI=1S/C11H12N4O4S2/c1-6-13-11(20-14-6)15-21(17,18)9-4-3-7(12)5-8(9)10(16)19-2/h3-5H,12H2,1-2H3,(H,13,14,15). The third-order valence-corrected chi connectivity index (χ3v) is 4.70. The van der Waals surface area contributed by atoms with Crippen molar-refractivity contribution in [2.45, 2.75) is 11.8 Å². The average molecular weight is 328 g/mol. The van der Waals surface area contributed by atoms with E-state index in [1.165, 1.54) is 18.2 Å². The van der Waals surface area contributed by atoms with Gasteiger partial charge in [-0.05, 0) is 25.1 Å². The minimum atomic E-state index is -4.00. The van der Waals surface area contributed by atoms with Crippen molar-refractivity contribution in [3.05, 3.63) is 29.6 Å². The van der Waals surface area contributed by atoms with Crippen molar-refractivity contribution in [1.29, 1.82) is 0 Å². The molecule has 8 nitrogen and oxygen atoms in total. The SMILES string of the molecule is COC(=O)c1cc(N)ccc1S(=O)(=O)Nc1nc(C)ns1. The fourth-order valence-corrected chi connectivity index (χ4v) is 3.53. The van der Waals surface area contributed by atoms with Gasteiger partial charge < -0.3 is 10.5 Å². The third-order valence-electron chi connectivity index (χ3n) is 2.45. The molecule has 0 unspecified atom stereocenters. The molecule has 0 spiro atoms. The number of rotatable bonds is 4. The summed E-state index contributed by atoms with van der Waals surface area (Å²) in [6.07, 6.45) is 0. The monoisotopic (exact) mass is 328 g/mol. The highest BCUT2D eigenvalue weighted by Gasteiger charge is 2.24. The van der Waals surface area contributed by atoms with Crippen molar-refractivity contribution < 1.29 is 17.9 Å². The van der Waals surface area contributed by atoms with E-state index < -0.39 is 16.0 Å². The molecule has 0 fully saturated rings. The number of carbonyl (C=O) groups is 1. The van der Waals surface area contributed by atoms with E-state index >= 15 is 0 Å². The molecule has 3 N–H and O–H groups in total. The second-order valence-corrected chi connectivity index (χ2v) is 6.40. The molecule has 112 valence electrons. The summed E-state index contributed by atoms with van der Waals surface area (Å²) in [6, 6.07) is 3.86. The van der Waals surface area contributed by atoms with Crippen LogP contribution in [0, 0.1) is 6.92 Å². The molecule has 0 amide bonds. The number of hydrogen-bond acceptors (Lipinski definition) is 8. The smallest absolute Gasteiger partial charge is 0.339 e. The first-order chi connectivity index (χ1) is 9.83. The van der Waals surface area contributed by atoms with Crippen molar-refractivity contribution in [2.75, 3.05) is 17.6 Å². The number of nitrogens with zero attached hydrogens (tertiary/aromatic N) is 2. The van der Waals surface area contributed by atoms with Gasteiger partial charge in [-0.2, -0.15) is 4.37 Å². The fourth-order valence-electron chi connectivity index (χ4n) is 1.56. The molecule has 2 rings (SSSR count). The Kier molecular flexibility index (Phi) is 4.09. The molecule has 1 aromatic heterocycles. The largest absolute Gasteiger partial charge is 0.465 e. The van der Waals surface area contributed by atoms with Crippen LogP contribution in [-0.2, 0) is 14.8 Å². The van der Waals surface area contributed by atoms with Gasteiger partial charge in [-0.15, -0.1) is 0 Å². The second-order valence-electron chi connectivity index (χ2n) is 4.00. The Hall–Kier alpha value is -2.20. The maximum atomic E-state index is 12.3. The highest BCUT2D eigenvalue weighted by atomic mass is 32.2. The van der Waals surface area contributed by atoms with Gasteiger partial charge in [0, 0.05) is 17.2 Å². The average Bonchev–Trinajstić information content (AvgIpc) is 2.82. The predicted molar refractivity (Wildman–Crippen MR) is 77.6 cm³/mol. The van der Waals surface area contributed by atoms with E-state index in [2.05, 4.69) is 18.8 Å². The summed E-state index contributed by atoms with van der Waals surface area (Å²) >= 11 is 0.902. The number of nitrogens with two attached hydrogens (primary N) is 1. The Balaban J connectivity index is 2.46. The number of nitrogens with one attached hydrogen (secondary N) is 1. The number of hydrogen-bond donors (Lipinski definition) is 2. The molecule has 1 aromatic carbocycles. The van der Waals surface area contributed by atoms with E-state index in [4.69, 9.17) is 5.73 Å². The first-order valence-corrected chi connectivity index (χ1v) is 7.90. The number of nitrogen functional groups attached to an aromatic ring is 1. The molecule has 0 aliphatic rings.